The molecule has 1 aliphatic rings. The van der Waals surface area contributed by atoms with Gasteiger partial charge in [0.2, 0.25) is 0 Å². The van der Waals surface area contributed by atoms with Crippen LogP contribution in [0.4, 0.5) is 4.39 Å². The predicted octanol–water partition coefficient (Wildman–Crippen LogP) is 3.96. The highest BCUT2D eigenvalue weighted by atomic mass is 19.1. The van der Waals surface area contributed by atoms with Gasteiger partial charge in [0, 0.05) is 6.07 Å². The SMILES string of the molecule is CC(NC(=O)COc1cccc(F)c1)c1ccc2c(c1)CCCC2. The topological polar surface area (TPSA) is 38.3 Å². The minimum atomic E-state index is -0.379. The predicted molar refractivity (Wildman–Crippen MR) is 91.5 cm³/mol. The monoisotopic (exact) mass is 327 g/mol. The summed E-state index contributed by atoms with van der Waals surface area (Å²) in [6.45, 7) is 1.84. The molecular formula is C20H22FNO2. The summed E-state index contributed by atoms with van der Waals surface area (Å²) in [6, 6.07) is 12.2. The Hall–Kier alpha value is -2.36. The summed E-state index contributed by atoms with van der Waals surface area (Å²) in [5.74, 6) is -0.244. The van der Waals surface area contributed by atoms with Gasteiger partial charge in [0.25, 0.3) is 5.91 Å². The van der Waals surface area contributed by atoms with E-state index in [4.69, 9.17) is 4.74 Å². The average Bonchev–Trinajstić information content (AvgIpc) is 2.59. The molecule has 0 heterocycles. The van der Waals surface area contributed by atoms with E-state index in [0.29, 0.717) is 5.75 Å². The Morgan fingerprint density at radius 3 is 2.75 bits per heavy atom. The third-order valence-corrected chi connectivity index (χ3v) is 4.42. The van der Waals surface area contributed by atoms with Gasteiger partial charge in [-0.3, -0.25) is 4.79 Å². The van der Waals surface area contributed by atoms with Crippen molar-refractivity contribution in [1.29, 1.82) is 0 Å². The first-order chi connectivity index (χ1) is 11.6. The van der Waals surface area contributed by atoms with Crippen molar-refractivity contribution in [3.05, 3.63) is 65.0 Å². The number of carbonyl (C=O) groups is 1. The Labute approximate surface area is 141 Å². The minimum absolute atomic E-state index is 0.0826. The standard InChI is InChI=1S/C20H22FNO2/c1-14(16-10-9-15-5-2-3-6-17(15)11-16)22-20(23)13-24-19-8-4-7-18(21)12-19/h4,7-12,14H,2-3,5-6,13H2,1H3,(H,22,23). The lowest BCUT2D eigenvalue weighted by Gasteiger charge is -2.20. The van der Waals surface area contributed by atoms with Crippen molar-refractivity contribution in [1.82, 2.24) is 5.32 Å². The fourth-order valence-electron chi connectivity index (χ4n) is 3.09. The zero-order valence-electron chi connectivity index (χ0n) is 13.8. The number of hydrogen-bond donors (Lipinski definition) is 1. The number of nitrogens with one attached hydrogen (secondary N) is 1. The van der Waals surface area contributed by atoms with Crippen LogP contribution in [0.25, 0.3) is 0 Å². The molecule has 0 aromatic heterocycles. The molecule has 2 aromatic rings. The highest BCUT2D eigenvalue weighted by molar-refractivity contribution is 5.78. The average molecular weight is 327 g/mol. The number of benzene rings is 2. The lowest BCUT2D eigenvalue weighted by Crippen LogP contribution is -2.31. The molecule has 0 radical (unpaired) electrons. The van der Waals surface area contributed by atoms with Gasteiger partial charge < -0.3 is 10.1 Å². The first-order valence-electron chi connectivity index (χ1n) is 8.41. The molecule has 0 bridgehead atoms. The van der Waals surface area contributed by atoms with Crippen LogP contribution >= 0.6 is 0 Å². The summed E-state index contributed by atoms with van der Waals surface area (Å²) in [5, 5.41) is 2.93. The van der Waals surface area contributed by atoms with Crippen LogP contribution in [0.5, 0.6) is 5.75 Å². The second kappa shape index (κ2) is 7.47. The van der Waals surface area contributed by atoms with E-state index in [1.807, 2.05) is 6.92 Å². The van der Waals surface area contributed by atoms with Crippen LogP contribution in [-0.2, 0) is 17.6 Å². The smallest absolute Gasteiger partial charge is 0.258 e. The normalized spacial score (nSPS) is 14.6. The van der Waals surface area contributed by atoms with E-state index in [-0.39, 0.29) is 24.4 Å². The Morgan fingerprint density at radius 1 is 1.17 bits per heavy atom. The molecule has 3 rings (SSSR count). The summed E-state index contributed by atoms with van der Waals surface area (Å²) in [7, 11) is 0. The summed E-state index contributed by atoms with van der Waals surface area (Å²) in [5.41, 5.74) is 3.93. The van der Waals surface area contributed by atoms with E-state index in [1.54, 1.807) is 12.1 Å². The van der Waals surface area contributed by atoms with Gasteiger partial charge in [0.05, 0.1) is 6.04 Å². The number of hydrogen-bond acceptors (Lipinski definition) is 2. The summed E-state index contributed by atoms with van der Waals surface area (Å²) in [6.07, 6.45) is 4.76. The maximum Gasteiger partial charge on any atom is 0.258 e. The fourth-order valence-corrected chi connectivity index (χ4v) is 3.09. The van der Waals surface area contributed by atoms with Gasteiger partial charge in [0.15, 0.2) is 6.61 Å². The molecule has 1 aliphatic carbocycles. The van der Waals surface area contributed by atoms with Crippen molar-refractivity contribution >= 4 is 5.91 Å². The van der Waals surface area contributed by atoms with Gasteiger partial charge in [-0.15, -0.1) is 0 Å². The van der Waals surface area contributed by atoms with E-state index < -0.39 is 0 Å². The van der Waals surface area contributed by atoms with Gasteiger partial charge in [-0.1, -0.05) is 24.3 Å². The quantitative estimate of drug-likeness (QED) is 0.903. The first kappa shape index (κ1) is 16.5. The summed E-state index contributed by atoms with van der Waals surface area (Å²) < 4.78 is 18.4. The zero-order valence-corrected chi connectivity index (χ0v) is 13.8. The maximum absolute atomic E-state index is 13.1. The van der Waals surface area contributed by atoms with Crippen molar-refractivity contribution in [3.63, 3.8) is 0 Å². The number of fused-ring (bicyclic) bond motifs is 1. The number of carbonyl (C=O) groups excluding carboxylic acids is 1. The fraction of sp³-hybridized carbons (Fsp3) is 0.350. The Kier molecular flexibility index (Phi) is 5.14. The van der Waals surface area contributed by atoms with Gasteiger partial charge in [0.1, 0.15) is 11.6 Å². The molecule has 1 amide bonds. The second-order valence-corrected chi connectivity index (χ2v) is 6.27. The number of halogens is 1. The molecule has 1 atom stereocenters. The molecular weight excluding hydrogens is 305 g/mol. The van der Waals surface area contributed by atoms with E-state index in [2.05, 4.69) is 23.5 Å². The molecule has 1 unspecified atom stereocenters. The molecule has 4 heteroatoms. The molecule has 0 saturated heterocycles. The maximum atomic E-state index is 13.1. The summed E-state index contributed by atoms with van der Waals surface area (Å²) >= 11 is 0. The van der Waals surface area contributed by atoms with E-state index in [9.17, 15) is 9.18 Å². The van der Waals surface area contributed by atoms with Crippen LogP contribution < -0.4 is 10.1 Å². The summed E-state index contributed by atoms with van der Waals surface area (Å²) in [4.78, 5) is 12.0. The van der Waals surface area contributed by atoms with Crippen molar-refractivity contribution in [3.8, 4) is 5.75 Å². The van der Waals surface area contributed by atoms with E-state index in [0.717, 1.165) is 18.4 Å². The Balaban J connectivity index is 1.56. The lowest BCUT2D eigenvalue weighted by molar-refractivity contribution is -0.123. The third-order valence-electron chi connectivity index (χ3n) is 4.42. The van der Waals surface area contributed by atoms with Crippen LogP contribution in [-0.4, -0.2) is 12.5 Å². The number of aryl methyl sites for hydroxylation is 2. The highest BCUT2D eigenvalue weighted by Gasteiger charge is 2.14. The van der Waals surface area contributed by atoms with Gasteiger partial charge in [-0.2, -0.15) is 0 Å². The molecule has 1 N–H and O–H groups in total. The molecule has 0 fully saturated rings. The molecule has 0 spiro atoms. The molecule has 3 nitrogen and oxygen atoms in total. The molecule has 126 valence electrons. The van der Waals surface area contributed by atoms with Crippen molar-refractivity contribution in [2.75, 3.05) is 6.61 Å². The molecule has 0 saturated carbocycles. The second-order valence-electron chi connectivity index (χ2n) is 6.27. The van der Waals surface area contributed by atoms with Gasteiger partial charge >= 0.3 is 0 Å². The highest BCUT2D eigenvalue weighted by Crippen LogP contribution is 2.24. The van der Waals surface area contributed by atoms with Crippen LogP contribution in [0, 0.1) is 5.82 Å². The van der Waals surface area contributed by atoms with Crippen LogP contribution in [0.1, 0.15) is 42.5 Å². The van der Waals surface area contributed by atoms with Crippen LogP contribution in [0.3, 0.4) is 0 Å². The van der Waals surface area contributed by atoms with Gasteiger partial charge in [-0.05, 0) is 61.4 Å². The van der Waals surface area contributed by atoms with Crippen molar-refractivity contribution in [2.24, 2.45) is 0 Å². The van der Waals surface area contributed by atoms with Gasteiger partial charge in [-0.25, -0.2) is 4.39 Å². The van der Waals surface area contributed by atoms with Crippen molar-refractivity contribution in [2.45, 2.75) is 38.6 Å². The number of ether oxygens (including phenoxy) is 1. The number of amides is 1. The van der Waals surface area contributed by atoms with E-state index >= 15 is 0 Å². The van der Waals surface area contributed by atoms with Crippen LogP contribution in [0.15, 0.2) is 42.5 Å². The molecule has 24 heavy (non-hydrogen) atoms. The molecule has 0 aliphatic heterocycles. The minimum Gasteiger partial charge on any atom is -0.484 e. The number of rotatable bonds is 5. The third kappa shape index (κ3) is 4.13. The van der Waals surface area contributed by atoms with E-state index in [1.165, 1.54) is 36.1 Å². The lowest BCUT2D eigenvalue weighted by atomic mass is 9.89. The first-order valence-corrected chi connectivity index (χ1v) is 8.41. The zero-order chi connectivity index (χ0) is 16.9. The molecule has 2 aromatic carbocycles. The Bertz CT molecular complexity index is 729. The van der Waals surface area contributed by atoms with Crippen molar-refractivity contribution < 1.29 is 13.9 Å². The van der Waals surface area contributed by atoms with Crippen LogP contribution in [0.2, 0.25) is 0 Å². The largest absolute Gasteiger partial charge is 0.484 e. The Morgan fingerprint density at radius 2 is 1.96 bits per heavy atom.